The predicted molar refractivity (Wildman–Crippen MR) is 130 cm³/mol. The van der Waals surface area contributed by atoms with E-state index < -0.39 is 35.5 Å². The van der Waals surface area contributed by atoms with Crippen LogP contribution >= 0.6 is 0 Å². The molecule has 0 radical (unpaired) electrons. The van der Waals surface area contributed by atoms with E-state index in [4.69, 9.17) is 9.47 Å². The van der Waals surface area contributed by atoms with Gasteiger partial charge in [0, 0.05) is 0 Å². The summed E-state index contributed by atoms with van der Waals surface area (Å²) < 4.78 is 10.8. The molecular weight excluding hydrogens is 430 g/mol. The lowest BCUT2D eigenvalue weighted by Crippen LogP contribution is -2.46. The molecule has 1 saturated heterocycles. The maximum Gasteiger partial charge on any atom is 0.416 e. The van der Waals surface area contributed by atoms with Crippen LogP contribution in [0.15, 0.2) is 73.3 Å². The maximum atomic E-state index is 13.9. The van der Waals surface area contributed by atoms with Gasteiger partial charge in [-0.15, -0.1) is 6.58 Å². The van der Waals surface area contributed by atoms with Crippen molar-refractivity contribution in [3.05, 3.63) is 84.4 Å². The third kappa shape index (κ3) is 6.56. The van der Waals surface area contributed by atoms with Gasteiger partial charge in [-0.05, 0) is 50.7 Å². The molecule has 1 fully saturated rings. The first-order valence-electron chi connectivity index (χ1n) is 11.6. The van der Waals surface area contributed by atoms with E-state index in [1.54, 1.807) is 26.8 Å². The SMILES string of the molecule is C=CCC(c1ccccc1)C(CC(=O)OC(C)(C)C)C(=O)N1C(=O)OC[C@@H]1Cc1ccccc1. The molecule has 1 heterocycles. The Balaban J connectivity index is 1.94. The Kier molecular flexibility index (Phi) is 8.26. The van der Waals surface area contributed by atoms with E-state index in [0.717, 1.165) is 11.1 Å². The van der Waals surface area contributed by atoms with Crippen molar-refractivity contribution in [1.29, 1.82) is 0 Å². The predicted octanol–water partition coefficient (Wildman–Crippen LogP) is 5.28. The van der Waals surface area contributed by atoms with Crippen molar-refractivity contribution in [1.82, 2.24) is 4.90 Å². The van der Waals surface area contributed by atoms with E-state index in [1.807, 2.05) is 60.7 Å². The fraction of sp³-hybridized carbons (Fsp3) is 0.393. The van der Waals surface area contributed by atoms with Gasteiger partial charge in [0.05, 0.1) is 18.4 Å². The number of carbonyl (C=O) groups excluding carboxylic acids is 3. The van der Waals surface area contributed by atoms with E-state index in [9.17, 15) is 14.4 Å². The number of benzene rings is 2. The van der Waals surface area contributed by atoms with Crippen molar-refractivity contribution in [2.45, 2.75) is 57.6 Å². The third-order valence-electron chi connectivity index (χ3n) is 5.77. The van der Waals surface area contributed by atoms with Gasteiger partial charge < -0.3 is 9.47 Å². The molecule has 2 aromatic carbocycles. The third-order valence-corrected chi connectivity index (χ3v) is 5.77. The normalized spacial score (nSPS) is 17.6. The fourth-order valence-corrected chi connectivity index (χ4v) is 4.32. The highest BCUT2D eigenvalue weighted by Gasteiger charge is 2.44. The van der Waals surface area contributed by atoms with Gasteiger partial charge in [0.1, 0.15) is 12.2 Å². The molecule has 2 unspecified atom stereocenters. The van der Waals surface area contributed by atoms with Crippen LogP contribution in [0.3, 0.4) is 0 Å². The zero-order valence-corrected chi connectivity index (χ0v) is 20.1. The van der Waals surface area contributed by atoms with Crippen molar-refractivity contribution in [2.24, 2.45) is 5.92 Å². The van der Waals surface area contributed by atoms with Gasteiger partial charge in [0.15, 0.2) is 0 Å². The number of imide groups is 1. The molecular formula is C28H33NO5. The zero-order valence-electron chi connectivity index (χ0n) is 20.1. The quantitative estimate of drug-likeness (QED) is 0.373. The van der Waals surface area contributed by atoms with Crippen LogP contribution in [0.5, 0.6) is 0 Å². The van der Waals surface area contributed by atoms with E-state index in [2.05, 4.69) is 6.58 Å². The molecule has 1 aliphatic rings. The van der Waals surface area contributed by atoms with Crippen molar-refractivity contribution >= 4 is 18.0 Å². The summed E-state index contributed by atoms with van der Waals surface area (Å²) >= 11 is 0. The highest BCUT2D eigenvalue weighted by molar-refractivity contribution is 5.96. The summed E-state index contributed by atoms with van der Waals surface area (Å²) in [5.74, 6) is -2.06. The number of amides is 2. The highest BCUT2D eigenvalue weighted by Crippen LogP contribution is 2.35. The first-order chi connectivity index (χ1) is 16.2. The summed E-state index contributed by atoms with van der Waals surface area (Å²) in [6.07, 6.45) is 1.86. The van der Waals surface area contributed by atoms with Gasteiger partial charge in [-0.25, -0.2) is 9.69 Å². The van der Waals surface area contributed by atoms with Crippen LogP contribution in [-0.4, -0.2) is 41.1 Å². The molecule has 0 aromatic heterocycles. The van der Waals surface area contributed by atoms with Gasteiger partial charge in [0.2, 0.25) is 5.91 Å². The van der Waals surface area contributed by atoms with Crippen LogP contribution in [0, 0.1) is 5.92 Å². The van der Waals surface area contributed by atoms with Crippen molar-refractivity contribution in [3.8, 4) is 0 Å². The lowest BCUT2D eigenvalue weighted by Gasteiger charge is -2.31. The number of hydrogen-bond acceptors (Lipinski definition) is 5. The lowest BCUT2D eigenvalue weighted by molar-refractivity contribution is -0.158. The number of esters is 1. The van der Waals surface area contributed by atoms with Gasteiger partial charge >= 0.3 is 12.1 Å². The van der Waals surface area contributed by atoms with E-state index >= 15 is 0 Å². The average molecular weight is 464 g/mol. The smallest absolute Gasteiger partial charge is 0.416 e. The van der Waals surface area contributed by atoms with Crippen LogP contribution in [0.1, 0.15) is 50.7 Å². The molecule has 0 spiro atoms. The Bertz CT molecular complexity index is 996. The summed E-state index contributed by atoms with van der Waals surface area (Å²) in [4.78, 5) is 40.7. The van der Waals surface area contributed by atoms with Crippen LogP contribution in [0.25, 0.3) is 0 Å². The molecule has 34 heavy (non-hydrogen) atoms. The minimum absolute atomic E-state index is 0.121. The Morgan fingerprint density at radius 2 is 1.74 bits per heavy atom. The molecule has 3 rings (SSSR count). The Morgan fingerprint density at radius 1 is 1.12 bits per heavy atom. The molecule has 2 amide bonds. The molecule has 0 N–H and O–H groups in total. The minimum atomic E-state index is -0.806. The standard InChI is InChI=1S/C28H33NO5/c1-5-12-23(21-15-10-7-11-16-21)24(18-25(30)34-28(2,3)4)26(31)29-22(19-33-27(29)32)17-20-13-8-6-9-14-20/h5-11,13-16,22-24H,1,12,17-19H2,2-4H3/t22-,23?,24?/m0/s1. The number of carbonyl (C=O) groups is 3. The molecule has 1 aliphatic heterocycles. The molecule has 0 saturated carbocycles. The number of allylic oxidation sites excluding steroid dienone is 1. The number of rotatable bonds is 9. The average Bonchev–Trinajstić information content (AvgIpc) is 3.15. The van der Waals surface area contributed by atoms with Crippen LogP contribution in [0.2, 0.25) is 0 Å². The Hall–Kier alpha value is -3.41. The number of nitrogens with zero attached hydrogens (tertiary/aromatic N) is 1. The molecule has 3 atom stereocenters. The van der Waals surface area contributed by atoms with Crippen LogP contribution < -0.4 is 0 Å². The van der Waals surface area contributed by atoms with E-state index in [1.165, 1.54) is 4.90 Å². The molecule has 6 nitrogen and oxygen atoms in total. The molecule has 180 valence electrons. The maximum absolute atomic E-state index is 13.9. The topological polar surface area (TPSA) is 72.9 Å². The Labute approximate surface area is 201 Å². The van der Waals surface area contributed by atoms with Gasteiger partial charge in [0.25, 0.3) is 0 Å². The molecule has 0 aliphatic carbocycles. The van der Waals surface area contributed by atoms with E-state index in [-0.39, 0.29) is 18.9 Å². The summed E-state index contributed by atoms with van der Waals surface area (Å²) in [6, 6.07) is 18.7. The first kappa shape index (κ1) is 25.2. The van der Waals surface area contributed by atoms with E-state index in [0.29, 0.717) is 12.8 Å². The van der Waals surface area contributed by atoms with Crippen LogP contribution in [-0.2, 0) is 25.5 Å². The highest BCUT2D eigenvalue weighted by atomic mass is 16.6. The first-order valence-corrected chi connectivity index (χ1v) is 11.6. The second-order valence-corrected chi connectivity index (χ2v) is 9.57. The van der Waals surface area contributed by atoms with Crippen molar-refractivity contribution in [3.63, 3.8) is 0 Å². The monoisotopic (exact) mass is 463 g/mol. The minimum Gasteiger partial charge on any atom is -0.460 e. The zero-order chi connectivity index (χ0) is 24.7. The number of hydrogen-bond donors (Lipinski definition) is 0. The molecule has 0 bridgehead atoms. The largest absolute Gasteiger partial charge is 0.460 e. The molecule has 6 heteroatoms. The summed E-state index contributed by atoms with van der Waals surface area (Å²) in [6.45, 7) is 9.33. The van der Waals surface area contributed by atoms with Crippen LogP contribution in [0.4, 0.5) is 4.79 Å². The fourth-order valence-electron chi connectivity index (χ4n) is 4.32. The number of ether oxygens (including phenoxy) is 2. The summed E-state index contributed by atoms with van der Waals surface area (Å²) in [7, 11) is 0. The van der Waals surface area contributed by atoms with Crippen molar-refractivity contribution < 1.29 is 23.9 Å². The molecule has 2 aromatic rings. The van der Waals surface area contributed by atoms with Gasteiger partial charge in [-0.1, -0.05) is 66.7 Å². The number of cyclic esters (lactones) is 1. The summed E-state index contributed by atoms with van der Waals surface area (Å²) in [5.41, 5.74) is 1.21. The lowest BCUT2D eigenvalue weighted by atomic mass is 9.80. The van der Waals surface area contributed by atoms with Crippen molar-refractivity contribution in [2.75, 3.05) is 6.61 Å². The Morgan fingerprint density at radius 3 is 2.32 bits per heavy atom. The second-order valence-electron chi connectivity index (χ2n) is 9.57. The van der Waals surface area contributed by atoms with Gasteiger partial charge in [-0.2, -0.15) is 0 Å². The second kappa shape index (κ2) is 11.1. The summed E-state index contributed by atoms with van der Waals surface area (Å²) in [5, 5.41) is 0. The van der Waals surface area contributed by atoms with Gasteiger partial charge in [-0.3, -0.25) is 9.59 Å².